The Kier molecular flexibility index (Phi) is 3.73. The van der Waals surface area contributed by atoms with Gasteiger partial charge < -0.3 is 0 Å². The van der Waals surface area contributed by atoms with Crippen molar-refractivity contribution in [1.29, 1.82) is 0 Å². The summed E-state index contributed by atoms with van der Waals surface area (Å²) in [7, 11) is 0. The highest BCUT2D eigenvalue weighted by Crippen LogP contribution is 2.31. The minimum Gasteiger partial charge on any atom is -0.291 e. The molecule has 0 fully saturated rings. The lowest BCUT2D eigenvalue weighted by Gasteiger charge is -2.02. The van der Waals surface area contributed by atoms with E-state index in [2.05, 4.69) is 5.10 Å². The Balaban J connectivity index is 1.97. The van der Waals surface area contributed by atoms with E-state index in [-0.39, 0.29) is 18.0 Å². The minimum absolute atomic E-state index is 0.00811. The van der Waals surface area contributed by atoms with E-state index in [9.17, 15) is 14.9 Å². The number of aromatic nitrogens is 2. The standard InChI is InChI=1S/C16H15N3O3S/c1-9-12-6-4-5-7-14(12)23-16(9)13(20)8-18-11(3)15(19(21)22)10(2)17-18/h4-7H,8H2,1-3H3. The zero-order valence-corrected chi connectivity index (χ0v) is 13.8. The molecule has 2 aromatic heterocycles. The largest absolute Gasteiger partial charge is 0.312 e. The molecule has 0 N–H and O–H groups in total. The number of nitro groups is 1. The van der Waals surface area contributed by atoms with Gasteiger partial charge in [0.2, 0.25) is 0 Å². The molecule has 23 heavy (non-hydrogen) atoms. The van der Waals surface area contributed by atoms with E-state index in [1.165, 1.54) is 16.0 Å². The molecule has 0 atom stereocenters. The van der Waals surface area contributed by atoms with E-state index in [1.807, 2.05) is 31.2 Å². The van der Waals surface area contributed by atoms with Gasteiger partial charge in [-0.05, 0) is 37.8 Å². The Labute approximate surface area is 136 Å². The normalized spacial score (nSPS) is 11.1. The number of nitrogens with zero attached hydrogens (tertiary/aromatic N) is 3. The summed E-state index contributed by atoms with van der Waals surface area (Å²) in [6.45, 7) is 5.13. The van der Waals surface area contributed by atoms with E-state index >= 15 is 0 Å². The number of rotatable bonds is 4. The van der Waals surface area contributed by atoms with E-state index in [4.69, 9.17) is 0 Å². The Bertz CT molecular complexity index is 940. The van der Waals surface area contributed by atoms with Crippen molar-refractivity contribution in [1.82, 2.24) is 9.78 Å². The number of carbonyl (C=O) groups excluding carboxylic acids is 1. The highest BCUT2D eigenvalue weighted by Gasteiger charge is 2.24. The molecule has 6 nitrogen and oxygen atoms in total. The first-order valence-electron chi connectivity index (χ1n) is 7.10. The molecule has 3 rings (SSSR count). The van der Waals surface area contributed by atoms with Gasteiger partial charge in [-0.25, -0.2) is 0 Å². The second kappa shape index (κ2) is 5.58. The lowest BCUT2D eigenvalue weighted by Crippen LogP contribution is -2.13. The van der Waals surface area contributed by atoms with Crippen molar-refractivity contribution >= 4 is 32.9 Å². The van der Waals surface area contributed by atoms with Crippen LogP contribution < -0.4 is 0 Å². The van der Waals surface area contributed by atoms with Crippen LogP contribution in [0.15, 0.2) is 24.3 Å². The summed E-state index contributed by atoms with van der Waals surface area (Å²) in [5, 5.41) is 16.3. The lowest BCUT2D eigenvalue weighted by molar-refractivity contribution is -0.386. The van der Waals surface area contributed by atoms with Crippen molar-refractivity contribution in [3.63, 3.8) is 0 Å². The molecular weight excluding hydrogens is 314 g/mol. The minimum atomic E-state index is -0.455. The van der Waals surface area contributed by atoms with Crippen LogP contribution in [0.2, 0.25) is 0 Å². The number of aryl methyl sites for hydroxylation is 2. The Morgan fingerprint density at radius 2 is 2.00 bits per heavy atom. The van der Waals surface area contributed by atoms with Gasteiger partial charge in [-0.3, -0.25) is 19.6 Å². The molecule has 0 aliphatic rings. The van der Waals surface area contributed by atoms with Crippen molar-refractivity contribution in [2.24, 2.45) is 0 Å². The van der Waals surface area contributed by atoms with Gasteiger partial charge in [0.25, 0.3) is 0 Å². The van der Waals surface area contributed by atoms with Gasteiger partial charge in [-0.2, -0.15) is 5.10 Å². The lowest BCUT2D eigenvalue weighted by atomic mass is 10.1. The van der Waals surface area contributed by atoms with Crippen LogP contribution in [0.3, 0.4) is 0 Å². The van der Waals surface area contributed by atoms with Gasteiger partial charge in [-0.15, -0.1) is 11.3 Å². The van der Waals surface area contributed by atoms with Crippen LogP contribution in [-0.4, -0.2) is 20.5 Å². The van der Waals surface area contributed by atoms with Gasteiger partial charge >= 0.3 is 5.69 Å². The first-order valence-corrected chi connectivity index (χ1v) is 7.91. The number of benzene rings is 1. The van der Waals surface area contributed by atoms with E-state index in [0.717, 1.165) is 15.6 Å². The van der Waals surface area contributed by atoms with Crippen molar-refractivity contribution in [3.05, 3.63) is 56.2 Å². The number of hydrogen-bond acceptors (Lipinski definition) is 5. The molecule has 7 heteroatoms. The molecule has 0 saturated carbocycles. The summed E-state index contributed by atoms with van der Waals surface area (Å²) in [5.74, 6) is -0.0794. The van der Waals surface area contributed by atoms with Crippen LogP contribution in [0.1, 0.15) is 26.6 Å². The average molecular weight is 329 g/mol. The van der Waals surface area contributed by atoms with Crippen molar-refractivity contribution in [3.8, 4) is 0 Å². The predicted octanol–water partition coefficient (Wildman–Crippen LogP) is 3.81. The third kappa shape index (κ3) is 2.53. The smallest absolute Gasteiger partial charge is 0.291 e. The SMILES string of the molecule is Cc1nn(CC(=O)c2sc3ccccc3c2C)c(C)c1[N+](=O)[O-]. The zero-order chi connectivity index (χ0) is 16.7. The number of Topliss-reactive ketones (excluding diaryl/α,β-unsaturated/α-hetero) is 1. The molecular formula is C16H15N3O3S. The molecule has 0 saturated heterocycles. The van der Waals surface area contributed by atoms with Gasteiger partial charge in [-0.1, -0.05) is 18.2 Å². The van der Waals surface area contributed by atoms with Crippen LogP contribution in [-0.2, 0) is 6.54 Å². The molecule has 0 aliphatic heterocycles. The van der Waals surface area contributed by atoms with Crippen molar-refractivity contribution < 1.29 is 9.72 Å². The third-order valence-corrected chi connectivity index (χ3v) is 5.23. The van der Waals surface area contributed by atoms with E-state index in [1.54, 1.807) is 13.8 Å². The molecule has 0 aliphatic carbocycles. The number of carbonyl (C=O) groups is 1. The summed E-state index contributed by atoms with van der Waals surface area (Å²) < 4.78 is 2.48. The molecule has 3 aromatic rings. The monoisotopic (exact) mass is 329 g/mol. The van der Waals surface area contributed by atoms with Gasteiger partial charge in [0, 0.05) is 4.70 Å². The first kappa shape index (κ1) is 15.4. The fourth-order valence-electron chi connectivity index (χ4n) is 2.75. The van der Waals surface area contributed by atoms with Gasteiger partial charge in [0.15, 0.2) is 5.78 Å². The number of ketones is 1. The molecule has 0 radical (unpaired) electrons. The first-order chi connectivity index (χ1) is 10.9. The molecule has 118 valence electrons. The van der Waals surface area contributed by atoms with Crippen LogP contribution in [0.4, 0.5) is 5.69 Å². The summed E-state index contributed by atoms with van der Waals surface area (Å²) in [6.07, 6.45) is 0. The molecule has 2 heterocycles. The average Bonchev–Trinajstić information content (AvgIpc) is 2.97. The van der Waals surface area contributed by atoms with Crippen molar-refractivity contribution in [2.75, 3.05) is 0 Å². The quantitative estimate of drug-likeness (QED) is 0.414. The van der Waals surface area contributed by atoms with Crippen LogP contribution in [0.25, 0.3) is 10.1 Å². The molecule has 0 bridgehead atoms. The fourth-order valence-corrected chi connectivity index (χ4v) is 3.89. The van der Waals surface area contributed by atoms with E-state index in [0.29, 0.717) is 16.3 Å². The maximum Gasteiger partial charge on any atom is 0.312 e. The summed E-state index contributed by atoms with van der Waals surface area (Å²) >= 11 is 1.45. The Morgan fingerprint density at radius 3 is 2.61 bits per heavy atom. The summed E-state index contributed by atoms with van der Waals surface area (Å²) in [4.78, 5) is 23.9. The predicted molar refractivity (Wildman–Crippen MR) is 89.2 cm³/mol. The summed E-state index contributed by atoms with van der Waals surface area (Å²) in [5.41, 5.74) is 1.66. The Morgan fingerprint density at radius 1 is 1.30 bits per heavy atom. The van der Waals surface area contributed by atoms with E-state index < -0.39 is 4.92 Å². The molecule has 0 unspecified atom stereocenters. The maximum absolute atomic E-state index is 12.6. The molecule has 0 amide bonds. The fraction of sp³-hybridized carbons (Fsp3) is 0.250. The topological polar surface area (TPSA) is 78.0 Å². The second-order valence-corrected chi connectivity index (χ2v) is 6.46. The number of fused-ring (bicyclic) bond motifs is 1. The highest BCUT2D eigenvalue weighted by molar-refractivity contribution is 7.21. The zero-order valence-electron chi connectivity index (χ0n) is 13.0. The Hall–Kier alpha value is -2.54. The molecule has 0 spiro atoms. The second-order valence-electron chi connectivity index (χ2n) is 5.41. The number of hydrogen-bond donors (Lipinski definition) is 0. The number of thiophene rings is 1. The van der Waals surface area contributed by atoms with Gasteiger partial charge in [0.1, 0.15) is 17.9 Å². The molecule has 1 aromatic carbocycles. The van der Waals surface area contributed by atoms with Gasteiger partial charge in [0.05, 0.1) is 9.80 Å². The highest BCUT2D eigenvalue weighted by atomic mass is 32.1. The van der Waals surface area contributed by atoms with Crippen LogP contribution in [0.5, 0.6) is 0 Å². The van der Waals surface area contributed by atoms with Crippen LogP contribution in [0, 0.1) is 30.9 Å². The van der Waals surface area contributed by atoms with Crippen molar-refractivity contribution in [2.45, 2.75) is 27.3 Å². The summed E-state index contributed by atoms with van der Waals surface area (Å²) in [6, 6.07) is 7.86. The van der Waals surface area contributed by atoms with Crippen LogP contribution >= 0.6 is 11.3 Å². The maximum atomic E-state index is 12.6. The third-order valence-electron chi connectivity index (χ3n) is 3.92.